The van der Waals surface area contributed by atoms with Crippen molar-refractivity contribution in [2.45, 2.75) is 25.3 Å². The van der Waals surface area contributed by atoms with E-state index < -0.39 is 12.0 Å². The zero-order valence-corrected chi connectivity index (χ0v) is 9.29. The van der Waals surface area contributed by atoms with E-state index in [9.17, 15) is 18.3 Å². The number of hydrogen-bond donors (Lipinski definition) is 2. The zero-order chi connectivity index (χ0) is 13.1. The predicted molar refractivity (Wildman–Crippen MR) is 56.5 cm³/mol. The molecule has 0 aliphatic heterocycles. The van der Waals surface area contributed by atoms with Gasteiger partial charge in [0.05, 0.1) is 5.60 Å². The van der Waals surface area contributed by atoms with Crippen LogP contribution in [0.25, 0.3) is 0 Å². The van der Waals surface area contributed by atoms with Crippen LogP contribution in [0.2, 0.25) is 0 Å². The third-order valence-electron chi connectivity index (χ3n) is 2.18. The fourth-order valence-electron chi connectivity index (χ4n) is 1.32. The summed E-state index contributed by atoms with van der Waals surface area (Å²) in [5, 5.41) is 9.70. The summed E-state index contributed by atoms with van der Waals surface area (Å²) >= 11 is 0. The molecule has 17 heavy (non-hydrogen) atoms. The lowest BCUT2D eigenvalue weighted by Crippen LogP contribution is -2.36. The first kappa shape index (κ1) is 13.8. The molecule has 1 atom stereocenters. The third-order valence-corrected chi connectivity index (χ3v) is 2.18. The smallest absolute Gasteiger partial charge is 0.406 e. The number of benzene rings is 1. The van der Waals surface area contributed by atoms with Crippen molar-refractivity contribution in [2.24, 2.45) is 5.73 Å². The molecule has 1 aromatic carbocycles. The number of halogens is 3. The minimum absolute atomic E-state index is 0.0772. The summed E-state index contributed by atoms with van der Waals surface area (Å²) < 4.78 is 39.4. The molecule has 0 fully saturated rings. The molecular weight excluding hydrogens is 235 g/mol. The van der Waals surface area contributed by atoms with Crippen LogP contribution < -0.4 is 10.5 Å². The maximum Gasteiger partial charge on any atom is 0.573 e. The zero-order valence-electron chi connectivity index (χ0n) is 9.29. The van der Waals surface area contributed by atoms with Crippen LogP contribution in [0.3, 0.4) is 0 Å². The molecule has 0 aliphatic rings. The van der Waals surface area contributed by atoms with E-state index in [1.165, 1.54) is 24.3 Å². The lowest BCUT2D eigenvalue weighted by atomic mass is 9.97. The van der Waals surface area contributed by atoms with Gasteiger partial charge in [-0.1, -0.05) is 12.1 Å². The van der Waals surface area contributed by atoms with Crippen LogP contribution in [0.5, 0.6) is 5.75 Å². The highest BCUT2D eigenvalue weighted by atomic mass is 19.4. The summed E-state index contributed by atoms with van der Waals surface area (Å²) in [5.74, 6) is -0.284. The Hall–Kier alpha value is -1.27. The van der Waals surface area contributed by atoms with Gasteiger partial charge in [-0.25, -0.2) is 0 Å². The van der Waals surface area contributed by atoms with Gasteiger partial charge in [-0.15, -0.1) is 13.2 Å². The monoisotopic (exact) mass is 249 g/mol. The quantitative estimate of drug-likeness (QED) is 0.856. The van der Waals surface area contributed by atoms with E-state index >= 15 is 0 Å². The van der Waals surface area contributed by atoms with Gasteiger partial charge in [0.15, 0.2) is 0 Å². The van der Waals surface area contributed by atoms with Crippen molar-refractivity contribution in [1.29, 1.82) is 0 Å². The Morgan fingerprint density at radius 2 is 1.76 bits per heavy atom. The summed E-state index contributed by atoms with van der Waals surface area (Å²) in [6.07, 6.45) is -4.42. The maximum absolute atomic E-state index is 11.9. The van der Waals surface area contributed by atoms with Crippen LogP contribution >= 0.6 is 0 Å². The van der Waals surface area contributed by atoms with Gasteiger partial charge >= 0.3 is 6.36 Å². The third kappa shape index (κ3) is 5.06. The van der Waals surface area contributed by atoms with Gasteiger partial charge in [-0.2, -0.15) is 0 Å². The molecule has 0 amide bonds. The van der Waals surface area contributed by atoms with Crippen molar-refractivity contribution in [2.75, 3.05) is 6.54 Å². The average molecular weight is 249 g/mol. The van der Waals surface area contributed by atoms with Gasteiger partial charge in [-0.05, 0) is 24.6 Å². The Morgan fingerprint density at radius 1 is 1.24 bits per heavy atom. The maximum atomic E-state index is 11.9. The summed E-state index contributed by atoms with van der Waals surface area (Å²) in [5.41, 5.74) is 4.97. The molecule has 1 unspecified atom stereocenters. The Labute approximate surface area is 97.0 Å². The number of rotatable bonds is 4. The van der Waals surface area contributed by atoms with Crippen molar-refractivity contribution in [3.63, 3.8) is 0 Å². The van der Waals surface area contributed by atoms with Crippen molar-refractivity contribution >= 4 is 0 Å². The molecule has 0 radical (unpaired) electrons. The van der Waals surface area contributed by atoms with Gasteiger partial charge < -0.3 is 15.6 Å². The molecule has 0 aliphatic carbocycles. The average Bonchev–Trinajstić information content (AvgIpc) is 2.19. The fraction of sp³-hybridized carbons (Fsp3) is 0.455. The molecule has 1 aromatic rings. The van der Waals surface area contributed by atoms with Crippen LogP contribution in [0.1, 0.15) is 12.5 Å². The van der Waals surface area contributed by atoms with Crippen LogP contribution in [0, 0.1) is 0 Å². The molecule has 0 saturated carbocycles. The largest absolute Gasteiger partial charge is 0.573 e. The summed E-state index contributed by atoms with van der Waals surface area (Å²) in [6.45, 7) is 1.64. The Morgan fingerprint density at radius 3 is 2.18 bits per heavy atom. The standard InChI is InChI=1S/C11H14F3NO2/c1-10(16,7-15)6-8-2-4-9(5-3-8)17-11(12,13)14/h2-5,16H,6-7,15H2,1H3. The second-order valence-electron chi connectivity index (χ2n) is 4.07. The molecular formula is C11H14F3NO2. The molecule has 0 spiro atoms. The topological polar surface area (TPSA) is 55.5 Å². The van der Waals surface area contributed by atoms with Gasteiger partial charge in [0, 0.05) is 13.0 Å². The highest BCUT2D eigenvalue weighted by Crippen LogP contribution is 2.23. The van der Waals surface area contributed by atoms with Crippen LogP contribution in [-0.2, 0) is 6.42 Å². The molecule has 0 bridgehead atoms. The van der Waals surface area contributed by atoms with Gasteiger partial charge in [0.1, 0.15) is 5.75 Å². The van der Waals surface area contributed by atoms with Crippen molar-refractivity contribution in [3.05, 3.63) is 29.8 Å². The molecule has 0 saturated heterocycles. The second-order valence-corrected chi connectivity index (χ2v) is 4.07. The van der Waals surface area contributed by atoms with Gasteiger partial charge in [0.25, 0.3) is 0 Å². The van der Waals surface area contributed by atoms with E-state index in [0.717, 1.165) is 0 Å². The first-order valence-corrected chi connectivity index (χ1v) is 4.99. The van der Waals surface area contributed by atoms with Gasteiger partial charge in [-0.3, -0.25) is 0 Å². The van der Waals surface area contributed by atoms with Crippen molar-refractivity contribution in [3.8, 4) is 5.75 Å². The first-order valence-electron chi connectivity index (χ1n) is 4.99. The Kier molecular flexibility index (Phi) is 4.00. The molecule has 3 N–H and O–H groups in total. The molecule has 6 heteroatoms. The van der Waals surface area contributed by atoms with Crippen LogP contribution in [0.4, 0.5) is 13.2 Å². The fourth-order valence-corrected chi connectivity index (χ4v) is 1.32. The Bertz CT molecular complexity index is 360. The van der Waals surface area contributed by atoms with E-state index in [2.05, 4.69) is 4.74 Å². The Balaban J connectivity index is 2.69. The lowest BCUT2D eigenvalue weighted by Gasteiger charge is -2.21. The van der Waals surface area contributed by atoms with Crippen LogP contribution in [0.15, 0.2) is 24.3 Å². The molecule has 96 valence electrons. The van der Waals surface area contributed by atoms with Crippen LogP contribution in [-0.4, -0.2) is 23.6 Å². The van der Waals surface area contributed by atoms with E-state index in [4.69, 9.17) is 5.73 Å². The summed E-state index contributed by atoms with van der Waals surface area (Å²) in [4.78, 5) is 0. The minimum atomic E-state index is -4.69. The second kappa shape index (κ2) is 4.93. The first-order chi connectivity index (χ1) is 7.72. The van der Waals surface area contributed by atoms with Crippen molar-refractivity contribution < 1.29 is 23.0 Å². The van der Waals surface area contributed by atoms with E-state index in [-0.39, 0.29) is 18.7 Å². The lowest BCUT2D eigenvalue weighted by molar-refractivity contribution is -0.274. The summed E-state index contributed by atoms with van der Waals surface area (Å²) in [7, 11) is 0. The van der Waals surface area contributed by atoms with Gasteiger partial charge in [0.2, 0.25) is 0 Å². The number of hydrogen-bond acceptors (Lipinski definition) is 3. The number of nitrogens with two attached hydrogens (primary N) is 1. The molecule has 0 aromatic heterocycles. The number of aliphatic hydroxyl groups is 1. The normalized spacial score (nSPS) is 15.4. The SMILES string of the molecule is CC(O)(CN)Cc1ccc(OC(F)(F)F)cc1. The number of alkyl halides is 3. The predicted octanol–water partition coefficient (Wildman–Crippen LogP) is 1.84. The van der Waals surface area contributed by atoms with E-state index in [1.807, 2.05) is 0 Å². The van der Waals surface area contributed by atoms with E-state index in [1.54, 1.807) is 6.92 Å². The minimum Gasteiger partial charge on any atom is -0.406 e. The summed E-state index contributed by atoms with van der Waals surface area (Å²) in [6, 6.07) is 5.33. The number of ether oxygens (including phenoxy) is 1. The van der Waals surface area contributed by atoms with E-state index in [0.29, 0.717) is 5.56 Å². The highest BCUT2D eigenvalue weighted by Gasteiger charge is 2.31. The van der Waals surface area contributed by atoms with Crippen molar-refractivity contribution in [1.82, 2.24) is 0 Å². The molecule has 3 nitrogen and oxygen atoms in total. The highest BCUT2D eigenvalue weighted by molar-refractivity contribution is 5.28. The molecule has 0 heterocycles. The molecule has 1 rings (SSSR count).